The summed E-state index contributed by atoms with van der Waals surface area (Å²) in [5.41, 5.74) is 0.597. The van der Waals surface area contributed by atoms with Gasteiger partial charge >= 0.3 is 5.69 Å². The zero-order valence-electron chi connectivity index (χ0n) is 9.61. The SMILES string of the molecule is CCCn1c(Cc2cccc(F)c2)n[nH]c1=O. The lowest BCUT2D eigenvalue weighted by Gasteiger charge is -2.04. The minimum absolute atomic E-state index is 0.210. The number of H-pyrrole nitrogens is 1. The number of hydrogen-bond donors (Lipinski definition) is 1. The van der Waals surface area contributed by atoms with Gasteiger partial charge in [0, 0.05) is 13.0 Å². The van der Waals surface area contributed by atoms with Crippen LogP contribution in [0.3, 0.4) is 0 Å². The fraction of sp³-hybridized carbons (Fsp3) is 0.333. The lowest BCUT2D eigenvalue weighted by molar-refractivity contribution is 0.619. The van der Waals surface area contributed by atoms with Crippen LogP contribution in [-0.2, 0) is 13.0 Å². The van der Waals surface area contributed by atoms with Crippen LogP contribution in [0.1, 0.15) is 24.7 Å². The Labute approximate surface area is 98.1 Å². The van der Waals surface area contributed by atoms with Crippen molar-refractivity contribution in [2.24, 2.45) is 0 Å². The highest BCUT2D eigenvalue weighted by Crippen LogP contribution is 2.08. The highest BCUT2D eigenvalue weighted by Gasteiger charge is 2.08. The average molecular weight is 235 g/mol. The number of halogens is 1. The maximum Gasteiger partial charge on any atom is 0.343 e. The Morgan fingerprint density at radius 2 is 2.29 bits per heavy atom. The van der Waals surface area contributed by atoms with Crippen molar-refractivity contribution in [1.82, 2.24) is 14.8 Å². The zero-order valence-corrected chi connectivity index (χ0v) is 9.61. The molecule has 17 heavy (non-hydrogen) atoms. The third-order valence-corrected chi connectivity index (χ3v) is 2.54. The molecule has 0 spiro atoms. The van der Waals surface area contributed by atoms with Crippen LogP contribution in [0.4, 0.5) is 4.39 Å². The minimum atomic E-state index is -0.276. The first-order valence-corrected chi connectivity index (χ1v) is 5.59. The molecule has 1 aromatic heterocycles. The van der Waals surface area contributed by atoms with Crippen molar-refractivity contribution in [3.63, 3.8) is 0 Å². The second-order valence-corrected chi connectivity index (χ2v) is 3.90. The molecule has 1 aromatic carbocycles. The fourth-order valence-electron chi connectivity index (χ4n) is 1.77. The summed E-state index contributed by atoms with van der Waals surface area (Å²) in [7, 11) is 0. The van der Waals surface area contributed by atoms with Gasteiger partial charge in [-0.25, -0.2) is 14.3 Å². The Hall–Kier alpha value is -1.91. The van der Waals surface area contributed by atoms with Crippen LogP contribution in [0, 0.1) is 5.82 Å². The largest absolute Gasteiger partial charge is 0.343 e. The van der Waals surface area contributed by atoms with Gasteiger partial charge in [0.2, 0.25) is 0 Å². The van der Waals surface area contributed by atoms with Crippen molar-refractivity contribution in [3.8, 4) is 0 Å². The molecule has 0 bridgehead atoms. The Balaban J connectivity index is 2.27. The van der Waals surface area contributed by atoms with Crippen LogP contribution in [0.2, 0.25) is 0 Å². The molecule has 1 N–H and O–H groups in total. The second kappa shape index (κ2) is 4.95. The maximum atomic E-state index is 13.0. The van der Waals surface area contributed by atoms with Gasteiger partial charge in [-0.2, -0.15) is 5.10 Å². The Kier molecular flexibility index (Phi) is 3.37. The van der Waals surface area contributed by atoms with E-state index in [2.05, 4.69) is 10.2 Å². The maximum absolute atomic E-state index is 13.0. The third kappa shape index (κ3) is 2.61. The summed E-state index contributed by atoms with van der Waals surface area (Å²) >= 11 is 0. The third-order valence-electron chi connectivity index (χ3n) is 2.54. The van der Waals surface area contributed by atoms with E-state index in [9.17, 15) is 9.18 Å². The predicted molar refractivity (Wildman–Crippen MR) is 62.3 cm³/mol. The van der Waals surface area contributed by atoms with Crippen molar-refractivity contribution in [3.05, 3.63) is 52.0 Å². The molecule has 0 atom stereocenters. The standard InChI is InChI=1S/C12H14FN3O/c1-2-6-16-11(14-15-12(16)17)8-9-4-3-5-10(13)7-9/h3-5,7H,2,6,8H2,1H3,(H,15,17). The van der Waals surface area contributed by atoms with Gasteiger partial charge in [-0.1, -0.05) is 19.1 Å². The fourth-order valence-corrected chi connectivity index (χ4v) is 1.77. The number of rotatable bonds is 4. The normalized spacial score (nSPS) is 10.7. The minimum Gasteiger partial charge on any atom is -0.279 e. The summed E-state index contributed by atoms with van der Waals surface area (Å²) in [6.45, 7) is 2.62. The molecule has 0 radical (unpaired) electrons. The van der Waals surface area contributed by atoms with Gasteiger partial charge in [0.25, 0.3) is 0 Å². The number of benzene rings is 1. The molecule has 0 aliphatic heterocycles. The summed E-state index contributed by atoms with van der Waals surface area (Å²) in [5.74, 6) is 0.366. The van der Waals surface area contributed by atoms with E-state index in [1.165, 1.54) is 12.1 Å². The van der Waals surface area contributed by atoms with Crippen LogP contribution in [0.25, 0.3) is 0 Å². The number of nitrogens with zero attached hydrogens (tertiary/aromatic N) is 2. The smallest absolute Gasteiger partial charge is 0.279 e. The monoisotopic (exact) mass is 235 g/mol. The quantitative estimate of drug-likeness (QED) is 0.877. The van der Waals surface area contributed by atoms with E-state index in [0.29, 0.717) is 18.8 Å². The summed E-state index contributed by atoms with van der Waals surface area (Å²) < 4.78 is 14.6. The molecule has 0 fully saturated rings. The summed E-state index contributed by atoms with van der Waals surface area (Å²) in [6, 6.07) is 6.32. The molecule has 0 aliphatic carbocycles. The lowest BCUT2D eigenvalue weighted by atomic mass is 10.1. The van der Waals surface area contributed by atoms with Crippen molar-refractivity contribution in [2.75, 3.05) is 0 Å². The molecule has 4 nitrogen and oxygen atoms in total. The first-order chi connectivity index (χ1) is 8.20. The van der Waals surface area contributed by atoms with Gasteiger partial charge in [-0.05, 0) is 24.1 Å². The highest BCUT2D eigenvalue weighted by atomic mass is 19.1. The molecule has 2 rings (SSSR count). The molecule has 90 valence electrons. The number of aromatic amines is 1. The molecule has 0 unspecified atom stereocenters. The van der Waals surface area contributed by atoms with Gasteiger partial charge in [-0.15, -0.1) is 0 Å². The molecule has 0 saturated carbocycles. The molecular formula is C12H14FN3O. The van der Waals surface area contributed by atoms with Gasteiger partial charge in [-0.3, -0.25) is 4.57 Å². The average Bonchev–Trinajstić information content (AvgIpc) is 2.62. The van der Waals surface area contributed by atoms with Crippen LogP contribution in [-0.4, -0.2) is 14.8 Å². The Morgan fingerprint density at radius 1 is 1.47 bits per heavy atom. The Morgan fingerprint density at radius 3 is 3.00 bits per heavy atom. The summed E-state index contributed by atoms with van der Waals surface area (Å²) in [5, 5.41) is 6.38. The van der Waals surface area contributed by atoms with Gasteiger partial charge < -0.3 is 0 Å². The van der Waals surface area contributed by atoms with Crippen molar-refractivity contribution in [2.45, 2.75) is 26.3 Å². The van der Waals surface area contributed by atoms with E-state index in [0.717, 1.165) is 12.0 Å². The molecule has 0 amide bonds. The zero-order chi connectivity index (χ0) is 12.3. The van der Waals surface area contributed by atoms with E-state index in [4.69, 9.17) is 0 Å². The summed E-state index contributed by atoms with van der Waals surface area (Å²) in [4.78, 5) is 11.5. The van der Waals surface area contributed by atoms with Crippen molar-refractivity contribution in [1.29, 1.82) is 0 Å². The Bertz CT molecular complexity index is 559. The lowest BCUT2D eigenvalue weighted by Crippen LogP contribution is -2.18. The number of hydrogen-bond acceptors (Lipinski definition) is 2. The molecule has 2 aromatic rings. The molecule has 0 aliphatic rings. The highest BCUT2D eigenvalue weighted by molar-refractivity contribution is 5.19. The van der Waals surface area contributed by atoms with E-state index in [-0.39, 0.29) is 11.5 Å². The van der Waals surface area contributed by atoms with Crippen LogP contribution >= 0.6 is 0 Å². The van der Waals surface area contributed by atoms with E-state index >= 15 is 0 Å². The van der Waals surface area contributed by atoms with Crippen LogP contribution in [0.15, 0.2) is 29.1 Å². The van der Waals surface area contributed by atoms with E-state index in [1.807, 2.05) is 13.0 Å². The molecule has 1 heterocycles. The van der Waals surface area contributed by atoms with Crippen molar-refractivity contribution < 1.29 is 4.39 Å². The molecule has 0 saturated heterocycles. The summed E-state index contributed by atoms with van der Waals surface area (Å²) in [6.07, 6.45) is 1.31. The first-order valence-electron chi connectivity index (χ1n) is 5.59. The number of aromatic nitrogens is 3. The van der Waals surface area contributed by atoms with E-state index < -0.39 is 0 Å². The second-order valence-electron chi connectivity index (χ2n) is 3.90. The van der Waals surface area contributed by atoms with Gasteiger partial charge in [0.1, 0.15) is 11.6 Å². The first kappa shape index (κ1) is 11.6. The van der Waals surface area contributed by atoms with Crippen LogP contribution < -0.4 is 5.69 Å². The van der Waals surface area contributed by atoms with Gasteiger partial charge in [0.15, 0.2) is 0 Å². The van der Waals surface area contributed by atoms with E-state index in [1.54, 1.807) is 10.6 Å². The van der Waals surface area contributed by atoms with Crippen LogP contribution in [0.5, 0.6) is 0 Å². The van der Waals surface area contributed by atoms with Crippen molar-refractivity contribution >= 4 is 0 Å². The molecular weight excluding hydrogens is 221 g/mol. The number of nitrogens with one attached hydrogen (secondary N) is 1. The predicted octanol–water partition coefficient (Wildman–Crippen LogP) is 1.71. The molecule has 5 heteroatoms. The van der Waals surface area contributed by atoms with Gasteiger partial charge in [0.05, 0.1) is 0 Å². The topological polar surface area (TPSA) is 50.7 Å².